The number of anilines is 1. The van der Waals surface area contributed by atoms with Gasteiger partial charge in [0.05, 0.1) is 0 Å². The third-order valence-electron chi connectivity index (χ3n) is 4.18. The molecule has 0 aliphatic carbocycles. The van der Waals surface area contributed by atoms with Crippen molar-refractivity contribution in [1.29, 1.82) is 0 Å². The molecule has 126 valence electrons. The van der Waals surface area contributed by atoms with Crippen LogP contribution in [0, 0.1) is 5.92 Å². The van der Waals surface area contributed by atoms with Gasteiger partial charge in [0.15, 0.2) is 5.78 Å². The van der Waals surface area contributed by atoms with E-state index >= 15 is 0 Å². The van der Waals surface area contributed by atoms with Gasteiger partial charge in [0.25, 0.3) is 0 Å². The summed E-state index contributed by atoms with van der Waals surface area (Å²) in [5.74, 6) is 0.677. The molecule has 0 aromatic heterocycles. The van der Waals surface area contributed by atoms with E-state index in [9.17, 15) is 9.59 Å². The van der Waals surface area contributed by atoms with Crippen molar-refractivity contribution < 1.29 is 9.59 Å². The van der Waals surface area contributed by atoms with Gasteiger partial charge in [-0.15, -0.1) is 0 Å². The van der Waals surface area contributed by atoms with Crippen LogP contribution in [0.3, 0.4) is 0 Å². The number of nitrogens with one attached hydrogen (secondary N) is 1. The van der Waals surface area contributed by atoms with Crippen LogP contribution in [-0.4, -0.2) is 49.4 Å². The van der Waals surface area contributed by atoms with Crippen molar-refractivity contribution in [2.45, 2.75) is 27.2 Å². The Morgan fingerprint density at radius 1 is 1.17 bits per heavy atom. The molecule has 1 N–H and O–H groups in total. The van der Waals surface area contributed by atoms with Crippen molar-refractivity contribution >= 4 is 17.5 Å². The Kier molecular flexibility index (Phi) is 6.02. The highest BCUT2D eigenvalue weighted by Gasteiger charge is 2.21. The summed E-state index contributed by atoms with van der Waals surface area (Å²) in [6.45, 7) is 9.61. The van der Waals surface area contributed by atoms with Crippen LogP contribution < -0.4 is 10.2 Å². The second-order valence-electron chi connectivity index (χ2n) is 6.50. The van der Waals surface area contributed by atoms with Crippen molar-refractivity contribution in [3.63, 3.8) is 0 Å². The van der Waals surface area contributed by atoms with Crippen LogP contribution in [0.5, 0.6) is 0 Å². The number of benzene rings is 1. The van der Waals surface area contributed by atoms with Gasteiger partial charge in [-0.25, -0.2) is 4.79 Å². The van der Waals surface area contributed by atoms with Crippen LogP contribution in [0.25, 0.3) is 0 Å². The minimum Gasteiger partial charge on any atom is -0.368 e. The Morgan fingerprint density at radius 2 is 1.87 bits per heavy atom. The van der Waals surface area contributed by atoms with E-state index in [1.54, 1.807) is 6.92 Å². The summed E-state index contributed by atoms with van der Waals surface area (Å²) >= 11 is 0. The normalized spacial score (nSPS) is 15.0. The summed E-state index contributed by atoms with van der Waals surface area (Å²) in [6.07, 6.45) is 1.00. The van der Waals surface area contributed by atoms with E-state index in [4.69, 9.17) is 0 Å². The summed E-state index contributed by atoms with van der Waals surface area (Å²) < 4.78 is 0. The van der Waals surface area contributed by atoms with Crippen LogP contribution in [0.1, 0.15) is 37.6 Å². The van der Waals surface area contributed by atoms with Gasteiger partial charge in [-0.3, -0.25) is 4.79 Å². The fourth-order valence-electron chi connectivity index (χ4n) is 2.67. The third-order valence-corrected chi connectivity index (χ3v) is 4.18. The Balaban J connectivity index is 1.85. The minimum absolute atomic E-state index is 0.0304. The summed E-state index contributed by atoms with van der Waals surface area (Å²) in [4.78, 5) is 27.7. The highest BCUT2D eigenvalue weighted by atomic mass is 16.2. The van der Waals surface area contributed by atoms with Crippen molar-refractivity contribution in [3.05, 3.63) is 29.8 Å². The number of hydrogen-bond donors (Lipinski definition) is 1. The number of nitrogens with zero attached hydrogens (tertiary/aromatic N) is 2. The maximum atomic E-state index is 12.1. The predicted octanol–water partition coefficient (Wildman–Crippen LogP) is 2.77. The molecule has 2 rings (SSSR count). The number of piperazine rings is 1. The SMILES string of the molecule is CC(=O)c1cccc(N2CCN(C(=O)NCCC(C)C)CC2)c1. The summed E-state index contributed by atoms with van der Waals surface area (Å²) in [5.41, 5.74) is 1.79. The van der Waals surface area contributed by atoms with E-state index in [-0.39, 0.29) is 11.8 Å². The first-order valence-electron chi connectivity index (χ1n) is 8.36. The number of hydrogen-bond acceptors (Lipinski definition) is 3. The van der Waals surface area contributed by atoms with Crippen molar-refractivity contribution in [2.75, 3.05) is 37.6 Å². The summed E-state index contributed by atoms with van der Waals surface area (Å²) in [5, 5.41) is 2.99. The van der Waals surface area contributed by atoms with Gasteiger partial charge in [-0.1, -0.05) is 26.0 Å². The molecule has 1 saturated heterocycles. The van der Waals surface area contributed by atoms with E-state index in [0.717, 1.165) is 37.3 Å². The highest BCUT2D eigenvalue weighted by Crippen LogP contribution is 2.18. The van der Waals surface area contributed by atoms with Gasteiger partial charge < -0.3 is 15.1 Å². The van der Waals surface area contributed by atoms with Crippen molar-refractivity contribution in [2.24, 2.45) is 5.92 Å². The first kappa shape index (κ1) is 17.3. The first-order valence-corrected chi connectivity index (χ1v) is 8.36. The molecule has 23 heavy (non-hydrogen) atoms. The predicted molar refractivity (Wildman–Crippen MR) is 93.1 cm³/mol. The molecular weight excluding hydrogens is 290 g/mol. The van der Waals surface area contributed by atoms with Gasteiger partial charge in [-0.05, 0) is 31.4 Å². The fourth-order valence-corrected chi connectivity index (χ4v) is 2.67. The zero-order chi connectivity index (χ0) is 16.8. The Bertz CT molecular complexity index is 549. The quantitative estimate of drug-likeness (QED) is 0.850. The standard InChI is InChI=1S/C18H27N3O2/c1-14(2)7-8-19-18(23)21-11-9-20(10-12-21)17-6-4-5-16(13-17)15(3)22/h4-6,13-14H,7-12H2,1-3H3,(H,19,23). The molecule has 5 heteroatoms. The molecule has 2 amide bonds. The number of carbonyl (C=O) groups is 2. The average Bonchev–Trinajstić information content (AvgIpc) is 2.54. The third kappa shape index (κ3) is 4.98. The second kappa shape index (κ2) is 7.99. The van der Waals surface area contributed by atoms with Crippen LogP contribution in [0.15, 0.2) is 24.3 Å². The van der Waals surface area contributed by atoms with Crippen LogP contribution in [0.2, 0.25) is 0 Å². The van der Waals surface area contributed by atoms with Crippen molar-refractivity contribution in [1.82, 2.24) is 10.2 Å². The zero-order valence-electron chi connectivity index (χ0n) is 14.3. The number of urea groups is 1. The lowest BCUT2D eigenvalue weighted by Gasteiger charge is -2.36. The number of rotatable bonds is 5. The van der Waals surface area contributed by atoms with E-state index < -0.39 is 0 Å². The number of ketones is 1. The average molecular weight is 317 g/mol. The molecule has 0 bridgehead atoms. The summed E-state index contributed by atoms with van der Waals surface area (Å²) in [6, 6.07) is 7.73. The Morgan fingerprint density at radius 3 is 2.48 bits per heavy atom. The highest BCUT2D eigenvalue weighted by molar-refractivity contribution is 5.95. The molecule has 0 spiro atoms. The van der Waals surface area contributed by atoms with Crippen molar-refractivity contribution in [3.8, 4) is 0 Å². The van der Waals surface area contributed by atoms with Crippen LogP contribution in [-0.2, 0) is 0 Å². The first-order chi connectivity index (χ1) is 11.0. The molecule has 1 aromatic carbocycles. The van der Waals surface area contributed by atoms with Crippen LogP contribution >= 0.6 is 0 Å². The lowest BCUT2D eigenvalue weighted by Crippen LogP contribution is -2.52. The molecular formula is C18H27N3O2. The number of Topliss-reactive ketones (excluding diaryl/α,β-unsaturated/α-hetero) is 1. The number of carbonyl (C=O) groups excluding carboxylic acids is 2. The Hall–Kier alpha value is -2.04. The van der Waals surface area contributed by atoms with Gasteiger partial charge in [0.2, 0.25) is 0 Å². The fraction of sp³-hybridized carbons (Fsp3) is 0.556. The lowest BCUT2D eigenvalue weighted by atomic mass is 10.1. The van der Waals surface area contributed by atoms with E-state index in [1.165, 1.54) is 0 Å². The minimum atomic E-state index is 0.0304. The van der Waals surface area contributed by atoms with E-state index in [0.29, 0.717) is 19.0 Å². The maximum Gasteiger partial charge on any atom is 0.317 e. The molecule has 1 aliphatic heterocycles. The van der Waals surface area contributed by atoms with E-state index in [1.807, 2.05) is 29.2 Å². The Labute approximate surface area is 138 Å². The molecule has 0 unspecified atom stereocenters. The number of amides is 2. The largest absolute Gasteiger partial charge is 0.368 e. The maximum absolute atomic E-state index is 12.1. The van der Waals surface area contributed by atoms with Gasteiger partial charge in [-0.2, -0.15) is 0 Å². The van der Waals surface area contributed by atoms with Gasteiger partial charge in [0.1, 0.15) is 0 Å². The molecule has 1 aliphatic rings. The topological polar surface area (TPSA) is 52.7 Å². The monoisotopic (exact) mass is 317 g/mol. The molecule has 0 saturated carbocycles. The molecule has 1 heterocycles. The lowest BCUT2D eigenvalue weighted by molar-refractivity contribution is 0.101. The van der Waals surface area contributed by atoms with E-state index in [2.05, 4.69) is 24.1 Å². The van der Waals surface area contributed by atoms with Gasteiger partial charge in [0, 0.05) is 44.0 Å². The molecule has 0 radical (unpaired) electrons. The van der Waals surface area contributed by atoms with Gasteiger partial charge >= 0.3 is 6.03 Å². The molecule has 5 nitrogen and oxygen atoms in total. The molecule has 1 fully saturated rings. The second-order valence-corrected chi connectivity index (χ2v) is 6.50. The summed E-state index contributed by atoms with van der Waals surface area (Å²) in [7, 11) is 0. The zero-order valence-corrected chi connectivity index (χ0v) is 14.3. The smallest absolute Gasteiger partial charge is 0.317 e. The molecule has 0 atom stereocenters. The molecule has 1 aromatic rings. The van der Waals surface area contributed by atoms with Crippen LogP contribution in [0.4, 0.5) is 10.5 Å².